The maximum Gasteiger partial charge on any atom is 0.407 e. The molecule has 1 amide bonds. The van der Waals surface area contributed by atoms with E-state index in [4.69, 9.17) is 9.84 Å². The molecule has 0 aliphatic heterocycles. The number of carbonyl (C=O) groups is 2. The van der Waals surface area contributed by atoms with Gasteiger partial charge in [0.2, 0.25) is 0 Å². The van der Waals surface area contributed by atoms with Crippen LogP contribution in [0.1, 0.15) is 25.5 Å². The summed E-state index contributed by atoms with van der Waals surface area (Å²) in [6.45, 7) is 3.90. The third-order valence-corrected chi connectivity index (χ3v) is 2.54. The summed E-state index contributed by atoms with van der Waals surface area (Å²) < 4.78 is 4.85. The number of aliphatic carboxylic acids is 1. The van der Waals surface area contributed by atoms with Gasteiger partial charge in [-0.05, 0) is 11.5 Å². The minimum absolute atomic E-state index is 0.142. The molecule has 1 rings (SSSR count). The summed E-state index contributed by atoms with van der Waals surface area (Å²) in [5, 5.41) is 21.3. The average molecular weight is 281 g/mol. The molecular weight excluding hydrogens is 262 g/mol. The minimum atomic E-state index is -1.46. The summed E-state index contributed by atoms with van der Waals surface area (Å²) in [6.07, 6.45) is -2.21. The zero-order chi connectivity index (χ0) is 15.1. The van der Waals surface area contributed by atoms with Crippen molar-refractivity contribution in [3.63, 3.8) is 0 Å². The van der Waals surface area contributed by atoms with Gasteiger partial charge in [0.25, 0.3) is 0 Å². The van der Waals surface area contributed by atoms with E-state index in [9.17, 15) is 14.7 Å². The number of hydrogen-bond donors (Lipinski definition) is 3. The molecule has 6 nitrogen and oxygen atoms in total. The Hall–Kier alpha value is -2.08. The second-order valence-corrected chi connectivity index (χ2v) is 4.81. The fourth-order valence-corrected chi connectivity index (χ4v) is 1.53. The van der Waals surface area contributed by atoms with E-state index in [1.54, 1.807) is 30.3 Å². The molecule has 0 aliphatic rings. The highest BCUT2D eigenvalue weighted by molar-refractivity contribution is 5.80. The number of ether oxygens (including phenoxy) is 1. The number of carboxylic acids is 1. The smallest absolute Gasteiger partial charge is 0.407 e. The van der Waals surface area contributed by atoms with Gasteiger partial charge in [-0.25, -0.2) is 9.59 Å². The number of aliphatic hydroxyl groups is 1. The highest BCUT2D eigenvalue weighted by atomic mass is 16.5. The molecule has 0 spiro atoms. The SMILES string of the molecule is CC(C)COC(=O)NC(C(=O)O)C(O)c1ccccc1. The van der Waals surface area contributed by atoms with Crippen molar-refractivity contribution < 1.29 is 24.5 Å². The minimum Gasteiger partial charge on any atom is -0.480 e. The van der Waals surface area contributed by atoms with Gasteiger partial charge in [0.1, 0.15) is 6.10 Å². The summed E-state index contributed by atoms with van der Waals surface area (Å²) in [7, 11) is 0. The number of nitrogens with one attached hydrogen (secondary N) is 1. The molecule has 0 saturated heterocycles. The molecule has 110 valence electrons. The average Bonchev–Trinajstić information content (AvgIpc) is 2.42. The predicted octanol–water partition coefficient (Wildman–Crippen LogP) is 1.56. The van der Waals surface area contributed by atoms with Crippen LogP contribution in [-0.4, -0.2) is 34.9 Å². The first-order chi connectivity index (χ1) is 9.41. The van der Waals surface area contributed by atoms with Crippen LogP contribution in [0.25, 0.3) is 0 Å². The van der Waals surface area contributed by atoms with E-state index in [2.05, 4.69) is 5.32 Å². The topological polar surface area (TPSA) is 95.9 Å². The maximum atomic E-state index is 11.5. The molecule has 2 unspecified atom stereocenters. The molecule has 3 N–H and O–H groups in total. The summed E-state index contributed by atoms with van der Waals surface area (Å²) >= 11 is 0. The number of rotatable bonds is 6. The Bertz CT molecular complexity index is 446. The number of carbonyl (C=O) groups excluding carboxylic acids is 1. The monoisotopic (exact) mass is 281 g/mol. The molecule has 0 bridgehead atoms. The van der Waals surface area contributed by atoms with E-state index in [-0.39, 0.29) is 12.5 Å². The van der Waals surface area contributed by atoms with Crippen molar-refractivity contribution in [1.82, 2.24) is 5.32 Å². The van der Waals surface area contributed by atoms with Crippen LogP contribution in [-0.2, 0) is 9.53 Å². The number of carboxylic acid groups (broad SMARTS) is 1. The van der Waals surface area contributed by atoms with E-state index in [0.717, 1.165) is 0 Å². The second-order valence-electron chi connectivity index (χ2n) is 4.81. The van der Waals surface area contributed by atoms with Crippen molar-refractivity contribution in [1.29, 1.82) is 0 Å². The number of aliphatic hydroxyl groups excluding tert-OH is 1. The molecule has 0 heterocycles. The van der Waals surface area contributed by atoms with Crippen molar-refractivity contribution in [2.45, 2.75) is 26.0 Å². The molecule has 0 fully saturated rings. The highest BCUT2D eigenvalue weighted by Crippen LogP contribution is 2.16. The fraction of sp³-hybridized carbons (Fsp3) is 0.429. The summed E-state index contributed by atoms with van der Waals surface area (Å²) in [6, 6.07) is 6.81. The standard InChI is InChI=1S/C14H19NO5/c1-9(2)8-20-14(19)15-11(13(17)18)12(16)10-6-4-3-5-7-10/h3-7,9,11-12,16H,8H2,1-2H3,(H,15,19)(H,17,18). The van der Waals surface area contributed by atoms with E-state index in [1.807, 2.05) is 13.8 Å². The Balaban J connectivity index is 2.70. The fourth-order valence-electron chi connectivity index (χ4n) is 1.53. The van der Waals surface area contributed by atoms with Crippen LogP contribution in [0.5, 0.6) is 0 Å². The van der Waals surface area contributed by atoms with Gasteiger partial charge in [-0.3, -0.25) is 0 Å². The van der Waals surface area contributed by atoms with Gasteiger partial charge >= 0.3 is 12.1 Å². The summed E-state index contributed by atoms with van der Waals surface area (Å²) in [4.78, 5) is 22.6. The normalized spacial score (nSPS) is 13.6. The van der Waals surface area contributed by atoms with Crippen molar-refractivity contribution in [3.05, 3.63) is 35.9 Å². The Morgan fingerprint density at radius 3 is 2.35 bits per heavy atom. The zero-order valence-corrected chi connectivity index (χ0v) is 11.4. The van der Waals surface area contributed by atoms with Gasteiger partial charge in [0, 0.05) is 0 Å². The number of alkyl carbamates (subject to hydrolysis) is 1. The number of amides is 1. The molecule has 1 aromatic rings. The molecule has 0 radical (unpaired) electrons. The van der Waals surface area contributed by atoms with Crippen molar-refractivity contribution in [3.8, 4) is 0 Å². The Kier molecular flexibility index (Phi) is 5.99. The third kappa shape index (κ3) is 4.89. The lowest BCUT2D eigenvalue weighted by molar-refractivity contribution is -0.142. The van der Waals surface area contributed by atoms with E-state index < -0.39 is 24.2 Å². The molecule has 0 aromatic heterocycles. The van der Waals surface area contributed by atoms with Crippen LogP contribution in [0.15, 0.2) is 30.3 Å². The predicted molar refractivity (Wildman–Crippen MR) is 72.1 cm³/mol. The first-order valence-electron chi connectivity index (χ1n) is 6.31. The van der Waals surface area contributed by atoms with Gasteiger partial charge < -0.3 is 20.3 Å². The first kappa shape index (κ1) is 16.0. The summed E-state index contributed by atoms with van der Waals surface area (Å²) in [5.41, 5.74) is 0.407. The lowest BCUT2D eigenvalue weighted by Crippen LogP contribution is -2.45. The van der Waals surface area contributed by atoms with Crippen LogP contribution in [0.3, 0.4) is 0 Å². The highest BCUT2D eigenvalue weighted by Gasteiger charge is 2.29. The molecule has 6 heteroatoms. The van der Waals surface area contributed by atoms with Gasteiger partial charge in [0.05, 0.1) is 6.61 Å². The maximum absolute atomic E-state index is 11.5. The van der Waals surface area contributed by atoms with Crippen molar-refractivity contribution in [2.75, 3.05) is 6.61 Å². The Morgan fingerprint density at radius 2 is 1.85 bits per heavy atom. The zero-order valence-electron chi connectivity index (χ0n) is 11.4. The Morgan fingerprint density at radius 1 is 1.25 bits per heavy atom. The Labute approximate surface area is 117 Å². The van der Waals surface area contributed by atoms with E-state index >= 15 is 0 Å². The quantitative estimate of drug-likeness (QED) is 0.735. The lowest BCUT2D eigenvalue weighted by Gasteiger charge is -2.20. The molecule has 20 heavy (non-hydrogen) atoms. The van der Waals surface area contributed by atoms with Crippen molar-refractivity contribution >= 4 is 12.1 Å². The molecular formula is C14H19NO5. The van der Waals surface area contributed by atoms with Gasteiger partial charge in [-0.2, -0.15) is 0 Å². The second kappa shape index (κ2) is 7.49. The summed E-state index contributed by atoms with van der Waals surface area (Å²) in [5.74, 6) is -1.19. The van der Waals surface area contributed by atoms with Crippen molar-refractivity contribution in [2.24, 2.45) is 5.92 Å². The largest absolute Gasteiger partial charge is 0.480 e. The van der Waals surface area contributed by atoms with E-state index in [0.29, 0.717) is 5.56 Å². The van der Waals surface area contributed by atoms with Gasteiger partial charge in [0.15, 0.2) is 6.04 Å². The molecule has 0 aliphatic carbocycles. The van der Waals surface area contributed by atoms with Crippen LogP contribution in [0.4, 0.5) is 4.79 Å². The molecule has 1 aromatic carbocycles. The molecule has 0 saturated carbocycles. The number of benzene rings is 1. The van der Waals surface area contributed by atoms with E-state index in [1.165, 1.54) is 0 Å². The lowest BCUT2D eigenvalue weighted by atomic mass is 10.0. The van der Waals surface area contributed by atoms with Crippen LogP contribution in [0, 0.1) is 5.92 Å². The first-order valence-corrected chi connectivity index (χ1v) is 6.31. The van der Waals surface area contributed by atoms with Crippen LogP contribution in [0.2, 0.25) is 0 Å². The van der Waals surface area contributed by atoms with Gasteiger partial charge in [-0.1, -0.05) is 44.2 Å². The molecule has 2 atom stereocenters. The van der Waals surface area contributed by atoms with Crippen LogP contribution >= 0.6 is 0 Å². The van der Waals surface area contributed by atoms with Crippen LogP contribution < -0.4 is 5.32 Å². The third-order valence-electron chi connectivity index (χ3n) is 2.54. The van der Waals surface area contributed by atoms with Gasteiger partial charge in [-0.15, -0.1) is 0 Å². The number of hydrogen-bond acceptors (Lipinski definition) is 4.